The standard InChI is InChI=1S/C26H37N3O2/c1-4-18-16-29-12-9-19(18)13-24(29)26(30)22-15-25(28-10-7-17(2)8-11-28)27-23-6-5-20(31-3)14-21(22)23/h5-6,14-15,17-19,24,26,30H,4,7-13,16H2,1-3H3/t18-,19+,24?,26+/m0/s1. The van der Waals surface area contributed by atoms with Crippen LogP contribution in [0.25, 0.3) is 10.9 Å². The molecule has 0 saturated carbocycles. The number of benzene rings is 1. The molecule has 168 valence electrons. The Bertz CT molecular complexity index is 924. The number of methoxy groups -OCH3 is 1. The van der Waals surface area contributed by atoms with Gasteiger partial charge in [0, 0.05) is 31.1 Å². The first kappa shape index (κ1) is 21.0. The molecular formula is C26H37N3O2. The number of hydrogen-bond acceptors (Lipinski definition) is 5. The highest BCUT2D eigenvalue weighted by atomic mass is 16.5. The van der Waals surface area contributed by atoms with E-state index in [1.165, 1.54) is 25.7 Å². The molecule has 6 rings (SSSR count). The van der Waals surface area contributed by atoms with Gasteiger partial charge in [-0.25, -0.2) is 4.98 Å². The van der Waals surface area contributed by atoms with Gasteiger partial charge >= 0.3 is 0 Å². The minimum absolute atomic E-state index is 0.201. The van der Waals surface area contributed by atoms with E-state index in [2.05, 4.69) is 29.7 Å². The summed E-state index contributed by atoms with van der Waals surface area (Å²) < 4.78 is 5.51. The first-order valence-electron chi connectivity index (χ1n) is 12.2. The van der Waals surface area contributed by atoms with Crippen molar-refractivity contribution in [3.63, 3.8) is 0 Å². The summed E-state index contributed by atoms with van der Waals surface area (Å²) in [5.41, 5.74) is 1.97. The Kier molecular flexibility index (Phi) is 5.82. The number of rotatable bonds is 5. The molecule has 0 spiro atoms. The average Bonchev–Trinajstić information content (AvgIpc) is 2.83. The largest absolute Gasteiger partial charge is 0.497 e. The smallest absolute Gasteiger partial charge is 0.129 e. The molecule has 0 radical (unpaired) electrons. The molecule has 0 amide bonds. The first-order valence-corrected chi connectivity index (χ1v) is 12.2. The number of aliphatic hydroxyl groups excluding tert-OH is 1. The second-order valence-corrected chi connectivity index (χ2v) is 10.1. The van der Waals surface area contributed by atoms with Crippen molar-refractivity contribution in [1.82, 2.24) is 9.88 Å². The Morgan fingerprint density at radius 2 is 1.97 bits per heavy atom. The minimum atomic E-state index is -0.499. The number of nitrogens with zero attached hydrogens (tertiary/aromatic N) is 3. The quantitative estimate of drug-likeness (QED) is 0.760. The average molecular weight is 424 g/mol. The van der Waals surface area contributed by atoms with Crippen molar-refractivity contribution in [2.45, 2.75) is 58.1 Å². The van der Waals surface area contributed by atoms with Crippen LogP contribution < -0.4 is 9.64 Å². The second-order valence-electron chi connectivity index (χ2n) is 10.1. The molecule has 1 aromatic carbocycles. The summed E-state index contributed by atoms with van der Waals surface area (Å²) in [5, 5.41) is 12.7. The number of pyridine rings is 1. The fourth-order valence-electron chi connectivity index (χ4n) is 6.17. The summed E-state index contributed by atoms with van der Waals surface area (Å²) in [6, 6.07) is 8.44. The summed E-state index contributed by atoms with van der Waals surface area (Å²) in [5.74, 6) is 4.15. The second kappa shape index (κ2) is 8.59. The minimum Gasteiger partial charge on any atom is -0.497 e. The summed E-state index contributed by atoms with van der Waals surface area (Å²) in [7, 11) is 1.70. The van der Waals surface area contributed by atoms with Crippen molar-refractivity contribution in [2.24, 2.45) is 17.8 Å². The fraction of sp³-hybridized carbons (Fsp3) is 0.654. The third-order valence-electron chi connectivity index (χ3n) is 8.29. The Hall–Kier alpha value is -1.85. The van der Waals surface area contributed by atoms with Crippen LogP contribution in [0.1, 0.15) is 57.6 Å². The molecule has 1 N–H and O–H groups in total. The number of hydrogen-bond donors (Lipinski definition) is 1. The lowest BCUT2D eigenvalue weighted by molar-refractivity contribution is -0.0562. The van der Waals surface area contributed by atoms with Gasteiger partial charge in [-0.1, -0.05) is 20.3 Å². The third kappa shape index (κ3) is 3.91. The van der Waals surface area contributed by atoms with Crippen LogP contribution in [0.3, 0.4) is 0 Å². The predicted octanol–water partition coefficient (Wildman–Crippen LogP) is 4.63. The highest BCUT2D eigenvalue weighted by Crippen LogP contribution is 2.43. The van der Waals surface area contributed by atoms with Gasteiger partial charge in [-0.3, -0.25) is 4.90 Å². The van der Waals surface area contributed by atoms with E-state index < -0.39 is 6.10 Å². The zero-order valence-corrected chi connectivity index (χ0v) is 19.3. The van der Waals surface area contributed by atoms with Gasteiger partial charge in [-0.2, -0.15) is 0 Å². The summed E-state index contributed by atoms with van der Waals surface area (Å²) in [6.07, 6.45) is 5.54. The maximum atomic E-state index is 11.7. The molecule has 1 aromatic heterocycles. The van der Waals surface area contributed by atoms with Crippen LogP contribution in [0.5, 0.6) is 5.75 Å². The van der Waals surface area contributed by atoms with Crippen molar-refractivity contribution < 1.29 is 9.84 Å². The highest BCUT2D eigenvalue weighted by molar-refractivity contribution is 5.86. The summed E-state index contributed by atoms with van der Waals surface area (Å²) >= 11 is 0. The van der Waals surface area contributed by atoms with Gasteiger partial charge < -0.3 is 14.7 Å². The number of anilines is 1. The molecule has 4 fully saturated rings. The molecule has 0 aliphatic carbocycles. The molecule has 4 aliphatic rings. The molecule has 5 nitrogen and oxygen atoms in total. The molecule has 31 heavy (non-hydrogen) atoms. The van der Waals surface area contributed by atoms with Gasteiger partial charge in [-0.15, -0.1) is 0 Å². The van der Waals surface area contributed by atoms with Gasteiger partial charge in [-0.05, 0) is 79.8 Å². The van der Waals surface area contributed by atoms with E-state index in [9.17, 15) is 5.11 Å². The van der Waals surface area contributed by atoms with Crippen molar-refractivity contribution in [1.29, 1.82) is 0 Å². The van der Waals surface area contributed by atoms with Gasteiger partial charge in [0.25, 0.3) is 0 Å². The molecule has 2 bridgehead atoms. The van der Waals surface area contributed by atoms with E-state index in [0.29, 0.717) is 0 Å². The van der Waals surface area contributed by atoms with Crippen molar-refractivity contribution in [2.75, 3.05) is 38.2 Å². The monoisotopic (exact) mass is 423 g/mol. The topological polar surface area (TPSA) is 48.8 Å². The molecule has 4 aliphatic heterocycles. The van der Waals surface area contributed by atoms with E-state index in [1.54, 1.807) is 7.11 Å². The predicted molar refractivity (Wildman–Crippen MR) is 126 cm³/mol. The van der Waals surface area contributed by atoms with Crippen molar-refractivity contribution in [3.05, 3.63) is 29.8 Å². The van der Waals surface area contributed by atoms with E-state index in [-0.39, 0.29) is 6.04 Å². The van der Waals surface area contributed by atoms with E-state index >= 15 is 0 Å². The Balaban J connectivity index is 1.52. The third-order valence-corrected chi connectivity index (χ3v) is 8.29. The highest BCUT2D eigenvalue weighted by Gasteiger charge is 2.42. The molecule has 5 heterocycles. The number of piperidine rings is 4. The van der Waals surface area contributed by atoms with Crippen molar-refractivity contribution in [3.8, 4) is 5.75 Å². The van der Waals surface area contributed by atoms with Gasteiger partial charge in [0.15, 0.2) is 0 Å². The van der Waals surface area contributed by atoms with Crippen LogP contribution in [0.4, 0.5) is 5.82 Å². The van der Waals surface area contributed by atoms with Gasteiger partial charge in [0.05, 0.1) is 18.7 Å². The number of ether oxygens (including phenoxy) is 1. The van der Waals surface area contributed by atoms with Gasteiger partial charge in [0.1, 0.15) is 11.6 Å². The van der Waals surface area contributed by atoms with Crippen LogP contribution in [-0.4, -0.2) is 54.3 Å². The maximum Gasteiger partial charge on any atom is 0.129 e. The summed E-state index contributed by atoms with van der Waals surface area (Å²) in [6.45, 7) is 8.98. The molecule has 2 unspecified atom stereocenters. The van der Waals surface area contributed by atoms with Gasteiger partial charge in [0.2, 0.25) is 0 Å². The number of fused-ring (bicyclic) bond motifs is 4. The van der Waals surface area contributed by atoms with E-state index in [0.717, 1.165) is 78.4 Å². The number of aromatic nitrogens is 1. The maximum absolute atomic E-state index is 11.7. The van der Waals surface area contributed by atoms with Crippen LogP contribution in [0, 0.1) is 17.8 Å². The zero-order chi connectivity index (χ0) is 21.5. The van der Waals surface area contributed by atoms with E-state index in [4.69, 9.17) is 9.72 Å². The van der Waals surface area contributed by atoms with Crippen LogP contribution in [0.2, 0.25) is 0 Å². The van der Waals surface area contributed by atoms with Crippen LogP contribution in [0.15, 0.2) is 24.3 Å². The lowest BCUT2D eigenvalue weighted by Crippen LogP contribution is -2.55. The molecule has 5 atom stereocenters. The lowest BCUT2D eigenvalue weighted by atomic mass is 9.72. The molecule has 4 saturated heterocycles. The van der Waals surface area contributed by atoms with E-state index in [1.807, 2.05) is 18.2 Å². The van der Waals surface area contributed by atoms with Crippen LogP contribution in [-0.2, 0) is 0 Å². The van der Waals surface area contributed by atoms with Crippen molar-refractivity contribution >= 4 is 16.7 Å². The number of aliphatic hydroxyl groups is 1. The van der Waals surface area contributed by atoms with Crippen LogP contribution >= 0.6 is 0 Å². The zero-order valence-electron chi connectivity index (χ0n) is 19.3. The Labute approximate surface area is 186 Å². The SMILES string of the molecule is CC[C@H]1CN2CC[C@@H]1CC2[C@H](O)c1cc(N2CCC(C)CC2)nc2ccc(OC)cc12. The molecule has 5 heteroatoms. The Morgan fingerprint density at radius 1 is 1.16 bits per heavy atom. The normalized spacial score (nSPS) is 30.0. The molecule has 2 aromatic rings. The molecular weight excluding hydrogens is 386 g/mol. The Morgan fingerprint density at radius 3 is 2.65 bits per heavy atom. The summed E-state index contributed by atoms with van der Waals surface area (Å²) in [4.78, 5) is 9.96. The first-order chi connectivity index (χ1) is 15.1. The lowest BCUT2D eigenvalue weighted by Gasteiger charge is -2.51. The fourth-order valence-corrected chi connectivity index (χ4v) is 6.17.